The van der Waals surface area contributed by atoms with Crippen LogP contribution in [0.2, 0.25) is 0 Å². The van der Waals surface area contributed by atoms with E-state index in [0.717, 1.165) is 6.42 Å². The molecule has 0 bridgehead atoms. The van der Waals surface area contributed by atoms with Gasteiger partial charge in [-0.3, -0.25) is 9.59 Å². The highest BCUT2D eigenvalue weighted by Gasteiger charge is 2.70. The zero-order valence-corrected chi connectivity index (χ0v) is 19.9. The maximum absolute atomic E-state index is 14.0. The summed E-state index contributed by atoms with van der Waals surface area (Å²) in [4.78, 5) is 29.5. The van der Waals surface area contributed by atoms with Crippen LogP contribution in [0, 0.1) is 52.8 Å². The molecule has 4 rings (SSSR count). The highest BCUT2D eigenvalue weighted by atomic mass is 16.3. The van der Waals surface area contributed by atoms with E-state index in [2.05, 4.69) is 39.8 Å². The molecule has 1 aliphatic heterocycles. The van der Waals surface area contributed by atoms with Gasteiger partial charge in [0, 0.05) is 18.9 Å². The van der Waals surface area contributed by atoms with E-state index in [1.54, 1.807) is 11.9 Å². The molecule has 2 unspecified atom stereocenters. The number of Topliss-reactive ketones (excluding diaryl/α,β-unsaturated/α-hetero) is 1. The minimum absolute atomic E-state index is 0.0174. The van der Waals surface area contributed by atoms with Crippen LogP contribution in [0.1, 0.15) is 67.2 Å². The average Bonchev–Trinajstić information content (AvgIpc) is 2.86. The van der Waals surface area contributed by atoms with Crippen LogP contribution in [-0.4, -0.2) is 40.4 Å². The molecular weight excluding hydrogens is 374 g/mol. The second-order valence-corrected chi connectivity index (χ2v) is 11.6. The average molecular weight is 416 g/mol. The summed E-state index contributed by atoms with van der Waals surface area (Å²) in [6.07, 6.45) is 8.43. The minimum atomic E-state index is -1.08. The molecule has 1 N–H and O–H groups in total. The summed E-state index contributed by atoms with van der Waals surface area (Å²) in [5.41, 5.74) is -2.14. The monoisotopic (exact) mass is 415 g/mol. The Bertz CT molecular complexity index is 757. The zero-order chi connectivity index (χ0) is 22.2. The molecule has 1 saturated heterocycles. The Morgan fingerprint density at radius 1 is 1.20 bits per heavy atom. The number of likely N-dealkylation sites (N-methyl/N-ethyl adjacent to an activating group) is 1. The van der Waals surface area contributed by atoms with Crippen molar-refractivity contribution in [1.29, 1.82) is 0 Å². The lowest BCUT2D eigenvalue weighted by Gasteiger charge is -2.59. The van der Waals surface area contributed by atoms with Crippen LogP contribution >= 0.6 is 0 Å². The Morgan fingerprint density at radius 3 is 2.50 bits per heavy atom. The number of nitrogens with zero attached hydrogens (tertiary/aromatic N) is 1. The number of hydrogen-bond donors (Lipinski definition) is 1. The first kappa shape index (κ1) is 22.0. The van der Waals surface area contributed by atoms with Crippen molar-refractivity contribution in [3.63, 3.8) is 0 Å². The maximum atomic E-state index is 14.0. The van der Waals surface area contributed by atoms with E-state index in [1.165, 1.54) is 12.8 Å². The first-order chi connectivity index (χ1) is 14.0. The standard InChI is InChI=1S/C26H41NO3/c1-8-15(3)22-23(28)26(24(29)27(22)7)13-19-20(25(6,30)17(26)5)10-9-18-12-14(2)11-16(4)21(18)19/h9-10,14-22,30H,8,11-13H2,1-7H3/t14-,15+,16+,17+,18-,19-,20-,21+,22?,25+,26?/m0/s1. The first-order valence-electron chi connectivity index (χ1n) is 12.2. The van der Waals surface area contributed by atoms with E-state index >= 15 is 0 Å². The smallest absolute Gasteiger partial charge is 0.237 e. The van der Waals surface area contributed by atoms with Crippen molar-refractivity contribution in [3.8, 4) is 0 Å². The summed E-state index contributed by atoms with van der Waals surface area (Å²) in [7, 11) is 1.80. The van der Waals surface area contributed by atoms with Gasteiger partial charge < -0.3 is 10.0 Å². The van der Waals surface area contributed by atoms with Crippen molar-refractivity contribution >= 4 is 11.7 Å². The van der Waals surface area contributed by atoms with Crippen LogP contribution in [0.25, 0.3) is 0 Å². The number of aliphatic hydroxyl groups is 1. The van der Waals surface area contributed by atoms with Crippen molar-refractivity contribution in [3.05, 3.63) is 12.2 Å². The third-order valence-corrected chi connectivity index (χ3v) is 9.98. The van der Waals surface area contributed by atoms with Gasteiger partial charge in [0.1, 0.15) is 5.41 Å². The zero-order valence-electron chi connectivity index (χ0n) is 19.9. The molecular formula is C26H41NO3. The number of carbonyl (C=O) groups excluding carboxylic acids is 2. The van der Waals surface area contributed by atoms with Crippen molar-refractivity contribution in [1.82, 2.24) is 4.90 Å². The molecule has 3 aliphatic carbocycles. The molecule has 0 aromatic rings. The molecule has 1 amide bonds. The molecule has 4 aliphatic rings. The molecule has 11 atom stereocenters. The van der Waals surface area contributed by atoms with Gasteiger partial charge in [0.15, 0.2) is 5.78 Å². The Kier molecular flexibility index (Phi) is 5.28. The van der Waals surface area contributed by atoms with Crippen molar-refractivity contribution in [2.75, 3.05) is 7.05 Å². The van der Waals surface area contributed by atoms with Gasteiger partial charge in [0.25, 0.3) is 0 Å². The number of ketones is 1. The third-order valence-electron chi connectivity index (χ3n) is 9.98. The Balaban J connectivity index is 1.80. The van der Waals surface area contributed by atoms with Crippen LogP contribution < -0.4 is 0 Å². The number of fused-ring (bicyclic) bond motifs is 3. The molecule has 4 heteroatoms. The van der Waals surface area contributed by atoms with E-state index in [1.807, 2.05) is 13.8 Å². The molecule has 2 saturated carbocycles. The van der Waals surface area contributed by atoms with Crippen LogP contribution in [-0.2, 0) is 9.59 Å². The Morgan fingerprint density at radius 2 is 1.87 bits per heavy atom. The minimum Gasteiger partial charge on any atom is -0.389 e. The Hall–Kier alpha value is -1.16. The third kappa shape index (κ3) is 2.74. The maximum Gasteiger partial charge on any atom is 0.237 e. The molecule has 168 valence electrons. The quantitative estimate of drug-likeness (QED) is 0.540. The van der Waals surface area contributed by atoms with Gasteiger partial charge in [-0.25, -0.2) is 0 Å². The number of allylic oxidation sites excluding steroid dienone is 1. The second kappa shape index (κ2) is 7.18. The Labute approximate surface area is 182 Å². The number of rotatable bonds is 2. The summed E-state index contributed by atoms with van der Waals surface area (Å²) >= 11 is 0. The van der Waals surface area contributed by atoms with E-state index in [0.29, 0.717) is 30.1 Å². The molecule has 3 fully saturated rings. The summed E-state index contributed by atoms with van der Waals surface area (Å²) in [6, 6.07) is -0.365. The number of amides is 1. The largest absolute Gasteiger partial charge is 0.389 e. The van der Waals surface area contributed by atoms with Crippen LogP contribution in [0.15, 0.2) is 12.2 Å². The summed E-state index contributed by atoms with van der Waals surface area (Å²) in [5.74, 6) is 2.17. The number of hydrogen-bond acceptors (Lipinski definition) is 3. The summed E-state index contributed by atoms with van der Waals surface area (Å²) in [5, 5.41) is 11.8. The van der Waals surface area contributed by atoms with Gasteiger partial charge in [-0.15, -0.1) is 0 Å². The van der Waals surface area contributed by atoms with Gasteiger partial charge in [-0.2, -0.15) is 0 Å². The van der Waals surface area contributed by atoms with Crippen molar-refractivity contribution < 1.29 is 14.7 Å². The van der Waals surface area contributed by atoms with Gasteiger partial charge >= 0.3 is 0 Å². The molecule has 4 nitrogen and oxygen atoms in total. The first-order valence-corrected chi connectivity index (χ1v) is 12.2. The van der Waals surface area contributed by atoms with Crippen molar-refractivity contribution in [2.24, 2.45) is 52.8 Å². The molecule has 0 aromatic carbocycles. The van der Waals surface area contributed by atoms with Crippen LogP contribution in [0.4, 0.5) is 0 Å². The number of likely N-dealkylation sites (tertiary alicyclic amines) is 1. The molecule has 1 spiro atoms. The second-order valence-electron chi connectivity index (χ2n) is 11.6. The van der Waals surface area contributed by atoms with Gasteiger partial charge in [-0.1, -0.05) is 53.2 Å². The fraction of sp³-hybridized carbons (Fsp3) is 0.846. The summed E-state index contributed by atoms with van der Waals surface area (Å²) < 4.78 is 0. The lowest BCUT2D eigenvalue weighted by molar-refractivity contribution is -0.181. The highest BCUT2D eigenvalue weighted by molar-refractivity contribution is 6.15. The predicted molar refractivity (Wildman–Crippen MR) is 119 cm³/mol. The van der Waals surface area contributed by atoms with E-state index in [4.69, 9.17) is 0 Å². The SMILES string of the molecule is CC[C@@H](C)C1C(=O)C2(C[C@@H]3[C@@H]4[C@H](C)C[C@H](C)C[C@@H]4C=C[C@@H]3[C@](C)(O)[C@H]2C)C(=O)N1C. The molecule has 0 radical (unpaired) electrons. The molecule has 1 heterocycles. The van der Waals surface area contributed by atoms with E-state index < -0.39 is 11.0 Å². The lowest BCUT2D eigenvalue weighted by atomic mass is 9.45. The lowest BCUT2D eigenvalue weighted by Crippen LogP contribution is -2.63. The van der Waals surface area contributed by atoms with Gasteiger partial charge in [0.2, 0.25) is 5.91 Å². The van der Waals surface area contributed by atoms with Gasteiger partial charge in [0.05, 0.1) is 11.6 Å². The topological polar surface area (TPSA) is 57.6 Å². The fourth-order valence-electron chi connectivity index (χ4n) is 8.19. The van der Waals surface area contributed by atoms with Crippen LogP contribution in [0.5, 0.6) is 0 Å². The van der Waals surface area contributed by atoms with E-state index in [-0.39, 0.29) is 41.4 Å². The normalized spacial score (nSPS) is 51.8. The van der Waals surface area contributed by atoms with E-state index in [9.17, 15) is 14.7 Å². The summed E-state index contributed by atoms with van der Waals surface area (Å²) in [6.45, 7) is 12.7. The number of carbonyl (C=O) groups is 2. The fourth-order valence-corrected chi connectivity index (χ4v) is 8.19. The van der Waals surface area contributed by atoms with Crippen LogP contribution in [0.3, 0.4) is 0 Å². The highest BCUT2D eigenvalue weighted by Crippen LogP contribution is 2.62. The molecule has 0 aromatic heterocycles. The van der Waals surface area contributed by atoms with Gasteiger partial charge in [-0.05, 0) is 61.7 Å². The van der Waals surface area contributed by atoms with Crippen molar-refractivity contribution in [2.45, 2.75) is 78.9 Å². The predicted octanol–water partition coefficient (Wildman–Crippen LogP) is 4.32. The molecule has 30 heavy (non-hydrogen) atoms.